The second-order valence-corrected chi connectivity index (χ2v) is 3.69. The quantitative estimate of drug-likeness (QED) is 0.713. The first-order chi connectivity index (χ1) is 7.13. The Labute approximate surface area is 87.0 Å². The summed E-state index contributed by atoms with van der Waals surface area (Å²) in [5, 5.41) is 0. The molecule has 0 fully saturated rings. The minimum absolute atomic E-state index is 0.204. The van der Waals surface area contributed by atoms with Gasteiger partial charge in [-0.2, -0.15) is 0 Å². The van der Waals surface area contributed by atoms with Crippen molar-refractivity contribution in [2.45, 2.75) is 18.4 Å². The van der Waals surface area contributed by atoms with Crippen LogP contribution in [0.2, 0.25) is 0 Å². The highest BCUT2D eigenvalue weighted by molar-refractivity contribution is 5.80. The molecule has 0 spiro atoms. The summed E-state index contributed by atoms with van der Waals surface area (Å²) in [5.74, 6) is -1.12. The first-order valence-electron chi connectivity index (χ1n) is 4.76. The van der Waals surface area contributed by atoms with Crippen molar-refractivity contribution in [3.8, 4) is 0 Å². The molecule has 0 aromatic heterocycles. The van der Waals surface area contributed by atoms with Crippen molar-refractivity contribution in [3.63, 3.8) is 0 Å². The smallest absolute Gasteiger partial charge is 0.313 e. The van der Waals surface area contributed by atoms with Gasteiger partial charge in [-0.05, 0) is 29.7 Å². The normalized spacial score (nSPS) is 23.7. The molecule has 4 heteroatoms. The first kappa shape index (κ1) is 10.1. The van der Waals surface area contributed by atoms with Crippen LogP contribution in [0.1, 0.15) is 29.5 Å². The SMILES string of the molecule is COC(=O)C1CC(N)c2ccc(F)cc21. The molecule has 80 valence electrons. The van der Waals surface area contributed by atoms with Crippen LogP contribution < -0.4 is 5.73 Å². The van der Waals surface area contributed by atoms with Crippen LogP contribution >= 0.6 is 0 Å². The van der Waals surface area contributed by atoms with Crippen molar-refractivity contribution in [2.75, 3.05) is 7.11 Å². The maximum atomic E-state index is 13.0. The van der Waals surface area contributed by atoms with Crippen LogP contribution in [0.25, 0.3) is 0 Å². The maximum absolute atomic E-state index is 13.0. The van der Waals surface area contributed by atoms with Crippen molar-refractivity contribution in [3.05, 3.63) is 35.1 Å². The van der Waals surface area contributed by atoms with Gasteiger partial charge < -0.3 is 10.5 Å². The van der Waals surface area contributed by atoms with Crippen LogP contribution in [0.4, 0.5) is 4.39 Å². The summed E-state index contributed by atoms with van der Waals surface area (Å²) >= 11 is 0. The van der Waals surface area contributed by atoms with Crippen molar-refractivity contribution in [2.24, 2.45) is 5.73 Å². The second kappa shape index (κ2) is 3.62. The molecule has 0 saturated heterocycles. The van der Waals surface area contributed by atoms with Crippen molar-refractivity contribution >= 4 is 5.97 Å². The summed E-state index contributed by atoms with van der Waals surface area (Å²) < 4.78 is 17.7. The number of hydrogen-bond donors (Lipinski definition) is 1. The minimum Gasteiger partial charge on any atom is -0.469 e. The lowest BCUT2D eigenvalue weighted by atomic mass is 10.0. The zero-order valence-electron chi connectivity index (χ0n) is 8.37. The third kappa shape index (κ3) is 1.61. The van der Waals surface area contributed by atoms with E-state index in [0.29, 0.717) is 12.0 Å². The Morgan fingerprint density at radius 3 is 2.93 bits per heavy atom. The van der Waals surface area contributed by atoms with E-state index in [1.165, 1.54) is 19.2 Å². The topological polar surface area (TPSA) is 52.3 Å². The van der Waals surface area contributed by atoms with E-state index in [1.54, 1.807) is 6.07 Å². The molecule has 0 radical (unpaired) electrons. The van der Waals surface area contributed by atoms with Crippen molar-refractivity contribution in [1.29, 1.82) is 0 Å². The lowest BCUT2D eigenvalue weighted by Gasteiger charge is -2.08. The summed E-state index contributed by atoms with van der Waals surface area (Å²) in [7, 11) is 1.32. The van der Waals surface area contributed by atoms with E-state index in [4.69, 9.17) is 5.73 Å². The van der Waals surface area contributed by atoms with E-state index in [9.17, 15) is 9.18 Å². The fourth-order valence-corrected chi connectivity index (χ4v) is 2.06. The maximum Gasteiger partial charge on any atom is 0.313 e. The summed E-state index contributed by atoms with van der Waals surface area (Å²) in [6.07, 6.45) is 0.492. The second-order valence-electron chi connectivity index (χ2n) is 3.69. The molecule has 2 rings (SSSR count). The van der Waals surface area contributed by atoms with Gasteiger partial charge in [-0.3, -0.25) is 4.79 Å². The van der Waals surface area contributed by atoms with E-state index in [1.807, 2.05) is 0 Å². The van der Waals surface area contributed by atoms with E-state index >= 15 is 0 Å². The Morgan fingerprint density at radius 1 is 1.53 bits per heavy atom. The molecule has 1 aromatic rings. The molecule has 2 N–H and O–H groups in total. The molecule has 2 atom stereocenters. The van der Waals surface area contributed by atoms with Crippen molar-refractivity contribution in [1.82, 2.24) is 0 Å². The number of benzene rings is 1. The zero-order valence-corrected chi connectivity index (χ0v) is 8.37. The van der Waals surface area contributed by atoms with Gasteiger partial charge in [-0.1, -0.05) is 6.07 Å². The van der Waals surface area contributed by atoms with Gasteiger partial charge in [0.15, 0.2) is 0 Å². The molecule has 2 unspecified atom stereocenters. The van der Waals surface area contributed by atoms with Crippen LogP contribution in [-0.4, -0.2) is 13.1 Å². The minimum atomic E-state index is -0.421. The van der Waals surface area contributed by atoms with Gasteiger partial charge in [0.1, 0.15) is 5.82 Å². The number of fused-ring (bicyclic) bond motifs is 1. The first-order valence-corrected chi connectivity index (χ1v) is 4.76. The Bertz CT molecular complexity index is 406. The number of ether oxygens (including phenoxy) is 1. The van der Waals surface area contributed by atoms with Crippen LogP contribution in [0.5, 0.6) is 0 Å². The Balaban J connectivity index is 2.44. The summed E-state index contributed by atoms with van der Waals surface area (Å²) in [5.41, 5.74) is 7.35. The molecule has 1 aliphatic carbocycles. The molecule has 0 saturated carbocycles. The summed E-state index contributed by atoms with van der Waals surface area (Å²) in [6.45, 7) is 0. The van der Waals surface area contributed by atoms with Crippen LogP contribution in [0.3, 0.4) is 0 Å². The molecule has 3 nitrogen and oxygen atoms in total. The van der Waals surface area contributed by atoms with Crippen LogP contribution in [0.15, 0.2) is 18.2 Å². The van der Waals surface area contributed by atoms with E-state index in [-0.39, 0.29) is 17.8 Å². The molecule has 1 aliphatic rings. The molecule has 0 heterocycles. The number of halogens is 1. The largest absolute Gasteiger partial charge is 0.469 e. The molecular weight excluding hydrogens is 197 g/mol. The van der Waals surface area contributed by atoms with Gasteiger partial charge in [-0.15, -0.1) is 0 Å². The number of nitrogens with two attached hydrogens (primary N) is 1. The number of esters is 1. The molecule has 0 aliphatic heterocycles. The number of hydrogen-bond acceptors (Lipinski definition) is 3. The predicted molar refractivity (Wildman–Crippen MR) is 52.7 cm³/mol. The van der Waals surface area contributed by atoms with E-state index in [0.717, 1.165) is 5.56 Å². The third-order valence-electron chi connectivity index (χ3n) is 2.80. The molecule has 0 bridgehead atoms. The fourth-order valence-electron chi connectivity index (χ4n) is 2.06. The van der Waals surface area contributed by atoms with Gasteiger partial charge in [0.25, 0.3) is 0 Å². The summed E-state index contributed by atoms with van der Waals surface area (Å²) in [6, 6.07) is 4.16. The Hall–Kier alpha value is -1.42. The van der Waals surface area contributed by atoms with Crippen molar-refractivity contribution < 1.29 is 13.9 Å². The number of rotatable bonds is 1. The highest BCUT2D eigenvalue weighted by Crippen LogP contribution is 2.39. The summed E-state index contributed by atoms with van der Waals surface area (Å²) in [4.78, 5) is 11.4. The third-order valence-corrected chi connectivity index (χ3v) is 2.80. The van der Waals surface area contributed by atoms with Gasteiger partial charge in [0.2, 0.25) is 0 Å². The standard InChI is InChI=1S/C11H12FNO2/c1-15-11(14)9-5-10(13)7-3-2-6(12)4-8(7)9/h2-4,9-10H,5,13H2,1H3. The average molecular weight is 209 g/mol. The fraction of sp³-hybridized carbons (Fsp3) is 0.364. The molecule has 15 heavy (non-hydrogen) atoms. The lowest BCUT2D eigenvalue weighted by molar-refractivity contribution is -0.142. The average Bonchev–Trinajstić information content (AvgIpc) is 2.54. The highest BCUT2D eigenvalue weighted by atomic mass is 19.1. The van der Waals surface area contributed by atoms with Gasteiger partial charge >= 0.3 is 5.97 Å². The highest BCUT2D eigenvalue weighted by Gasteiger charge is 2.34. The van der Waals surface area contributed by atoms with Gasteiger partial charge in [0.05, 0.1) is 13.0 Å². The Morgan fingerprint density at radius 2 is 2.27 bits per heavy atom. The van der Waals surface area contributed by atoms with E-state index < -0.39 is 5.92 Å². The van der Waals surface area contributed by atoms with E-state index in [2.05, 4.69) is 4.74 Å². The van der Waals surface area contributed by atoms with Crippen LogP contribution in [-0.2, 0) is 9.53 Å². The molecule has 1 aromatic carbocycles. The van der Waals surface area contributed by atoms with Crippen LogP contribution in [0, 0.1) is 5.82 Å². The molecule has 0 amide bonds. The lowest BCUT2D eigenvalue weighted by Crippen LogP contribution is -2.13. The molecular formula is C11H12FNO2. The Kier molecular flexibility index (Phi) is 2.44. The monoisotopic (exact) mass is 209 g/mol. The van der Waals surface area contributed by atoms with Gasteiger partial charge in [0, 0.05) is 6.04 Å². The predicted octanol–water partition coefficient (Wildman–Crippen LogP) is 1.49. The number of carbonyl (C=O) groups excluding carboxylic acids is 1. The van der Waals surface area contributed by atoms with Gasteiger partial charge in [-0.25, -0.2) is 4.39 Å². The number of methoxy groups -OCH3 is 1. The zero-order chi connectivity index (χ0) is 11.0. The number of carbonyl (C=O) groups is 1.